The highest BCUT2D eigenvalue weighted by Crippen LogP contribution is 2.10. The summed E-state index contributed by atoms with van der Waals surface area (Å²) in [6.45, 7) is 6.67. The normalized spacial score (nSPS) is 10.5. The van der Waals surface area contributed by atoms with Gasteiger partial charge in [0.15, 0.2) is 0 Å². The van der Waals surface area contributed by atoms with E-state index in [2.05, 4.69) is 24.5 Å². The number of anilines is 1. The van der Waals surface area contributed by atoms with Crippen LogP contribution in [0.4, 0.5) is 5.69 Å². The zero-order chi connectivity index (χ0) is 16.4. The Kier molecular flexibility index (Phi) is 8.26. The third-order valence-electron chi connectivity index (χ3n) is 3.46. The van der Waals surface area contributed by atoms with Crippen molar-refractivity contribution in [1.29, 1.82) is 0 Å². The topological polar surface area (TPSA) is 58.2 Å². The molecule has 0 aliphatic carbocycles. The molecule has 22 heavy (non-hydrogen) atoms. The van der Waals surface area contributed by atoms with Gasteiger partial charge < -0.3 is 10.6 Å². The number of rotatable bonds is 9. The molecular formula is C18H28N2O2. The molecule has 0 aromatic heterocycles. The molecule has 0 aliphatic rings. The van der Waals surface area contributed by atoms with Gasteiger partial charge in [-0.25, -0.2) is 0 Å². The van der Waals surface area contributed by atoms with Crippen molar-refractivity contribution in [3.8, 4) is 0 Å². The lowest BCUT2D eigenvalue weighted by atomic mass is 10.0. The van der Waals surface area contributed by atoms with Crippen molar-refractivity contribution in [2.75, 3.05) is 11.9 Å². The molecule has 1 rings (SSSR count). The van der Waals surface area contributed by atoms with Crippen LogP contribution in [0.25, 0.3) is 0 Å². The molecule has 0 fully saturated rings. The molecule has 2 N–H and O–H groups in total. The maximum atomic E-state index is 12.0. The number of hydrogen-bond acceptors (Lipinski definition) is 2. The minimum atomic E-state index is -0.116. The first-order chi connectivity index (χ1) is 10.5. The summed E-state index contributed by atoms with van der Waals surface area (Å²) in [5.41, 5.74) is 1.32. The van der Waals surface area contributed by atoms with E-state index in [0.29, 0.717) is 17.8 Å². The summed E-state index contributed by atoms with van der Waals surface area (Å²) in [5, 5.41) is 5.61. The molecule has 1 aromatic rings. The van der Waals surface area contributed by atoms with E-state index in [4.69, 9.17) is 0 Å². The standard InChI is InChI=1S/C18H28N2O2/c1-14(2)8-6-4-5-7-13-19-18(22)16-9-11-17(12-10-16)20-15(3)21/h9-12,14H,4-8,13H2,1-3H3,(H,19,22)(H,20,21). The maximum absolute atomic E-state index is 12.0. The van der Waals surface area contributed by atoms with Crippen molar-refractivity contribution in [1.82, 2.24) is 5.32 Å². The van der Waals surface area contributed by atoms with Crippen molar-refractivity contribution in [2.45, 2.75) is 52.9 Å². The van der Waals surface area contributed by atoms with E-state index in [1.54, 1.807) is 24.3 Å². The van der Waals surface area contributed by atoms with Gasteiger partial charge in [-0.05, 0) is 36.6 Å². The zero-order valence-corrected chi connectivity index (χ0v) is 13.9. The molecule has 0 unspecified atom stereocenters. The number of benzene rings is 1. The van der Waals surface area contributed by atoms with Gasteiger partial charge >= 0.3 is 0 Å². The molecular weight excluding hydrogens is 276 g/mol. The molecule has 1 aromatic carbocycles. The molecule has 0 bridgehead atoms. The Morgan fingerprint density at radius 2 is 1.64 bits per heavy atom. The Labute approximate surface area is 133 Å². The lowest BCUT2D eigenvalue weighted by molar-refractivity contribution is -0.114. The highest BCUT2D eigenvalue weighted by molar-refractivity contribution is 5.95. The summed E-state index contributed by atoms with van der Waals surface area (Å²) in [6.07, 6.45) is 5.98. The third kappa shape index (κ3) is 7.81. The van der Waals surface area contributed by atoms with Crippen molar-refractivity contribution < 1.29 is 9.59 Å². The van der Waals surface area contributed by atoms with Gasteiger partial charge in [0.25, 0.3) is 5.91 Å². The second-order valence-electron chi connectivity index (χ2n) is 6.11. The molecule has 0 radical (unpaired) electrons. The van der Waals surface area contributed by atoms with Crippen LogP contribution < -0.4 is 10.6 Å². The average Bonchev–Trinajstić information content (AvgIpc) is 2.46. The Balaban J connectivity index is 2.21. The van der Waals surface area contributed by atoms with E-state index in [1.807, 2.05) is 0 Å². The first kappa shape index (κ1) is 18.2. The molecule has 0 saturated carbocycles. The van der Waals surface area contributed by atoms with Crippen LogP contribution in [-0.2, 0) is 4.79 Å². The van der Waals surface area contributed by atoms with Crippen molar-refractivity contribution >= 4 is 17.5 Å². The number of hydrogen-bond donors (Lipinski definition) is 2. The predicted octanol–water partition coefficient (Wildman–Crippen LogP) is 3.98. The van der Waals surface area contributed by atoms with E-state index < -0.39 is 0 Å². The molecule has 122 valence electrons. The van der Waals surface area contributed by atoms with Gasteiger partial charge in [-0.1, -0.05) is 39.5 Å². The highest BCUT2D eigenvalue weighted by atomic mass is 16.2. The van der Waals surface area contributed by atoms with E-state index in [-0.39, 0.29) is 11.8 Å². The van der Waals surface area contributed by atoms with Crippen LogP contribution in [0.3, 0.4) is 0 Å². The molecule has 4 nitrogen and oxygen atoms in total. The summed E-state index contributed by atoms with van der Waals surface area (Å²) in [5.74, 6) is 0.603. The Morgan fingerprint density at radius 3 is 2.23 bits per heavy atom. The van der Waals surface area contributed by atoms with Gasteiger partial charge in [-0.15, -0.1) is 0 Å². The fraction of sp³-hybridized carbons (Fsp3) is 0.556. The van der Waals surface area contributed by atoms with E-state index >= 15 is 0 Å². The molecule has 0 atom stereocenters. The number of carbonyl (C=O) groups is 2. The van der Waals surface area contributed by atoms with Crippen LogP contribution in [0.5, 0.6) is 0 Å². The number of nitrogens with one attached hydrogen (secondary N) is 2. The SMILES string of the molecule is CC(=O)Nc1ccc(C(=O)NCCCCCCC(C)C)cc1. The average molecular weight is 304 g/mol. The smallest absolute Gasteiger partial charge is 0.251 e. The van der Waals surface area contributed by atoms with Crippen LogP contribution in [-0.4, -0.2) is 18.4 Å². The summed E-state index contributed by atoms with van der Waals surface area (Å²) in [4.78, 5) is 22.9. The highest BCUT2D eigenvalue weighted by Gasteiger charge is 2.05. The van der Waals surface area contributed by atoms with Crippen LogP contribution in [0.15, 0.2) is 24.3 Å². The van der Waals surface area contributed by atoms with Crippen molar-refractivity contribution in [3.05, 3.63) is 29.8 Å². The number of amides is 2. The lowest BCUT2D eigenvalue weighted by Crippen LogP contribution is -2.24. The first-order valence-corrected chi connectivity index (χ1v) is 8.15. The zero-order valence-electron chi connectivity index (χ0n) is 13.9. The molecule has 0 heterocycles. The number of carbonyl (C=O) groups excluding carboxylic acids is 2. The van der Waals surface area contributed by atoms with Crippen LogP contribution >= 0.6 is 0 Å². The molecule has 0 spiro atoms. The minimum Gasteiger partial charge on any atom is -0.352 e. The van der Waals surface area contributed by atoms with Gasteiger partial charge in [0, 0.05) is 24.7 Å². The van der Waals surface area contributed by atoms with Gasteiger partial charge in [-0.2, -0.15) is 0 Å². The van der Waals surface area contributed by atoms with Gasteiger partial charge in [0.05, 0.1) is 0 Å². The summed E-state index contributed by atoms with van der Waals surface area (Å²) in [7, 11) is 0. The minimum absolute atomic E-state index is 0.0587. The van der Waals surface area contributed by atoms with Crippen LogP contribution in [0.1, 0.15) is 63.2 Å². The predicted molar refractivity (Wildman–Crippen MR) is 91.0 cm³/mol. The van der Waals surface area contributed by atoms with Crippen LogP contribution in [0.2, 0.25) is 0 Å². The van der Waals surface area contributed by atoms with E-state index in [1.165, 1.54) is 26.2 Å². The maximum Gasteiger partial charge on any atom is 0.251 e. The Bertz CT molecular complexity index is 466. The van der Waals surface area contributed by atoms with Crippen molar-refractivity contribution in [3.63, 3.8) is 0 Å². The summed E-state index contributed by atoms with van der Waals surface area (Å²) in [6, 6.07) is 6.93. The largest absolute Gasteiger partial charge is 0.352 e. The monoisotopic (exact) mass is 304 g/mol. The Hall–Kier alpha value is -1.84. The molecule has 4 heteroatoms. The van der Waals surface area contributed by atoms with Gasteiger partial charge in [0.2, 0.25) is 5.91 Å². The third-order valence-corrected chi connectivity index (χ3v) is 3.46. The summed E-state index contributed by atoms with van der Waals surface area (Å²) >= 11 is 0. The second kappa shape index (κ2) is 9.98. The number of unbranched alkanes of at least 4 members (excludes halogenated alkanes) is 3. The molecule has 0 saturated heterocycles. The van der Waals surface area contributed by atoms with Crippen LogP contribution in [0, 0.1) is 5.92 Å². The van der Waals surface area contributed by atoms with Gasteiger partial charge in [-0.3, -0.25) is 9.59 Å². The van der Waals surface area contributed by atoms with Gasteiger partial charge in [0.1, 0.15) is 0 Å². The fourth-order valence-electron chi connectivity index (χ4n) is 2.24. The van der Waals surface area contributed by atoms with Crippen molar-refractivity contribution in [2.24, 2.45) is 5.92 Å². The molecule has 0 aliphatic heterocycles. The summed E-state index contributed by atoms with van der Waals surface area (Å²) < 4.78 is 0. The van der Waals surface area contributed by atoms with E-state index in [9.17, 15) is 9.59 Å². The fourth-order valence-corrected chi connectivity index (χ4v) is 2.24. The lowest BCUT2D eigenvalue weighted by Gasteiger charge is -2.07. The van der Waals surface area contributed by atoms with E-state index in [0.717, 1.165) is 18.8 Å². The molecule has 2 amide bonds. The second-order valence-corrected chi connectivity index (χ2v) is 6.11. The Morgan fingerprint density at radius 1 is 1.00 bits per heavy atom. The first-order valence-electron chi connectivity index (χ1n) is 8.15. The quantitative estimate of drug-likeness (QED) is 0.678.